The van der Waals surface area contributed by atoms with Gasteiger partial charge in [0.25, 0.3) is 0 Å². The second-order valence-electron chi connectivity index (χ2n) is 3.28. The molecule has 2 rings (SSSR count). The summed E-state index contributed by atoms with van der Waals surface area (Å²) < 4.78 is 3.24. The zero-order chi connectivity index (χ0) is 10.8. The van der Waals surface area contributed by atoms with Crippen molar-refractivity contribution < 1.29 is 0 Å². The first-order valence-corrected chi connectivity index (χ1v) is 5.88. The normalized spacial score (nSPS) is 10.5. The van der Waals surface area contributed by atoms with Gasteiger partial charge in [-0.3, -0.25) is 0 Å². The van der Waals surface area contributed by atoms with E-state index in [0.29, 0.717) is 0 Å². The Bertz CT molecular complexity index is 476. The van der Waals surface area contributed by atoms with Gasteiger partial charge in [0.2, 0.25) is 0 Å². The number of anilines is 1. The molecule has 1 aromatic heterocycles. The van der Waals surface area contributed by atoms with Gasteiger partial charge in [-0.1, -0.05) is 6.92 Å². The van der Waals surface area contributed by atoms with Gasteiger partial charge in [-0.2, -0.15) is 0 Å². The van der Waals surface area contributed by atoms with Gasteiger partial charge in [-0.25, -0.2) is 4.98 Å². The van der Waals surface area contributed by atoms with Crippen LogP contribution in [0.25, 0.3) is 5.69 Å². The summed E-state index contributed by atoms with van der Waals surface area (Å²) in [7, 11) is 0. The number of aromatic nitrogens is 2. The molecule has 3 nitrogen and oxygen atoms in total. The Morgan fingerprint density at radius 2 is 2.27 bits per heavy atom. The summed E-state index contributed by atoms with van der Waals surface area (Å²) in [6, 6.07) is 5.91. The van der Waals surface area contributed by atoms with Gasteiger partial charge < -0.3 is 10.3 Å². The molecular weight excluding hydrogens is 301 g/mol. The third-order valence-electron chi connectivity index (χ3n) is 2.26. The van der Waals surface area contributed by atoms with Crippen molar-refractivity contribution in [3.63, 3.8) is 0 Å². The molecule has 0 saturated heterocycles. The van der Waals surface area contributed by atoms with Gasteiger partial charge >= 0.3 is 0 Å². The van der Waals surface area contributed by atoms with Crippen LogP contribution in [0.3, 0.4) is 0 Å². The lowest BCUT2D eigenvalue weighted by Crippen LogP contribution is -2.01. The average Bonchev–Trinajstić information content (AvgIpc) is 2.65. The fourth-order valence-electron chi connectivity index (χ4n) is 1.53. The van der Waals surface area contributed by atoms with Crippen LogP contribution >= 0.6 is 22.6 Å². The van der Waals surface area contributed by atoms with Gasteiger partial charge in [0.1, 0.15) is 5.82 Å². The number of rotatable bonds is 2. The van der Waals surface area contributed by atoms with E-state index in [1.807, 2.05) is 30.6 Å². The number of nitrogen functional groups attached to an aromatic ring is 1. The van der Waals surface area contributed by atoms with Gasteiger partial charge in [0.15, 0.2) is 0 Å². The first kappa shape index (κ1) is 10.5. The number of nitrogens with zero attached hydrogens (tertiary/aromatic N) is 2. The molecule has 0 aliphatic carbocycles. The molecule has 0 atom stereocenters. The van der Waals surface area contributed by atoms with Crippen molar-refractivity contribution >= 4 is 28.3 Å². The maximum atomic E-state index is 5.72. The summed E-state index contributed by atoms with van der Waals surface area (Å²) in [5, 5.41) is 0. The molecule has 78 valence electrons. The predicted octanol–water partition coefficient (Wildman–Crippen LogP) is 2.62. The summed E-state index contributed by atoms with van der Waals surface area (Å²) >= 11 is 2.29. The Morgan fingerprint density at radius 3 is 2.93 bits per heavy atom. The van der Waals surface area contributed by atoms with Crippen molar-refractivity contribution in [2.24, 2.45) is 0 Å². The Morgan fingerprint density at radius 1 is 1.47 bits per heavy atom. The first-order valence-electron chi connectivity index (χ1n) is 4.80. The van der Waals surface area contributed by atoms with E-state index in [1.54, 1.807) is 0 Å². The largest absolute Gasteiger partial charge is 0.399 e. The van der Waals surface area contributed by atoms with E-state index in [4.69, 9.17) is 5.73 Å². The fourth-order valence-corrected chi connectivity index (χ4v) is 2.33. The number of imidazole rings is 1. The van der Waals surface area contributed by atoms with Crippen LogP contribution in [0.4, 0.5) is 5.69 Å². The van der Waals surface area contributed by atoms with Crippen molar-refractivity contribution in [3.05, 3.63) is 40.0 Å². The Balaban J connectivity index is 2.54. The standard InChI is InChI=1S/C11H12IN3/c1-2-11-14-5-6-15(11)10-4-3-8(13)7-9(10)12/h3-7H,2,13H2,1H3. The number of aryl methyl sites for hydroxylation is 1. The van der Waals surface area contributed by atoms with E-state index < -0.39 is 0 Å². The van der Waals surface area contributed by atoms with Crippen molar-refractivity contribution in [1.29, 1.82) is 0 Å². The molecule has 0 radical (unpaired) electrons. The summed E-state index contributed by atoms with van der Waals surface area (Å²) in [5.41, 5.74) is 7.65. The van der Waals surface area contributed by atoms with Gasteiger partial charge in [-0.15, -0.1) is 0 Å². The molecule has 1 aromatic carbocycles. The Hall–Kier alpha value is -1.04. The number of hydrogen-bond acceptors (Lipinski definition) is 2. The molecule has 0 aliphatic rings. The molecule has 15 heavy (non-hydrogen) atoms. The van der Waals surface area contributed by atoms with Crippen LogP contribution in [0.2, 0.25) is 0 Å². The van der Waals surface area contributed by atoms with Crippen LogP contribution in [0.1, 0.15) is 12.7 Å². The molecule has 0 fully saturated rings. The molecule has 1 heterocycles. The molecule has 0 amide bonds. The number of nitrogens with two attached hydrogens (primary N) is 1. The first-order chi connectivity index (χ1) is 7.22. The molecule has 2 aromatic rings. The topological polar surface area (TPSA) is 43.8 Å². The third-order valence-corrected chi connectivity index (χ3v) is 3.13. The van der Waals surface area contributed by atoms with Crippen molar-refractivity contribution in [2.75, 3.05) is 5.73 Å². The number of hydrogen-bond donors (Lipinski definition) is 1. The SMILES string of the molecule is CCc1nccn1-c1ccc(N)cc1I. The van der Waals surface area contributed by atoms with Crippen molar-refractivity contribution in [1.82, 2.24) is 9.55 Å². The van der Waals surface area contributed by atoms with Crippen LogP contribution in [0.5, 0.6) is 0 Å². The lowest BCUT2D eigenvalue weighted by Gasteiger charge is -2.09. The molecule has 4 heteroatoms. The van der Waals surface area contributed by atoms with Gasteiger partial charge in [0.05, 0.1) is 5.69 Å². The lowest BCUT2D eigenvalue weighted by molar-refractivity contribution is 0.888. The summed E-state index contributed by atoms with van der Waals surface area (Å²) in [6.07, 6.45) is 4.73. The van der Waals surface area contributed by atoms with E-state index in [-0.39, 0.29) is 0 Å². The lowest BCUT2D eigenvalue weighted by atomic mass is 10.3. The second-order valence-corrected chi connectivity index (χ2v) is 4.44. The van der Waals surface area contributed by atoms with Crippen LogP contribution in [0, 0.1) is 3.57 Å². The summed E-state index contributed by atoms with van der Waals surface area (Å²) in [4.78, 5) is 4.30. The number of benzene rings is 1. The van der Waals surface area contributed by atoms with E-state index in [2.05, 4.69) is 39.1 Å². The average molecular weight is 313 g/mol. The highest BCUT2D eigenvalue weighted by atomic mass is 127. The molecule has 0 aliphatic heterocycles. The van der Waals surface area contributed by atoms with Crippen molar-refractivity contribution in [3.8, 4) is 5.69 Å². The Kier molecular flexibility index (Phi) is 2.95. The predicted molar refractivity (Wildman–Crippen MR) is 70.1 cm³/mol. The van der Waals surface area contributed by atoms with Crippen LogP contribution in [0.15, 0.2) is 30.6 Å². The second kappa shape index (κ2) is 4.22. The van der Waals surface area contributed by atoms with Crippen LogP contribution in [-0.2, 0) is 6.42 Å². The van der Waals surface area contributed by atoms with Crippen LogP contribution < -0.4 is 5.73 Å². The monoisotopic (exact) mass is 313 g/mol. The van der Waals surface area contributed by atoms with Gasteiger partial charge in [-0.05, 0) is 40.8 Å². The van der Waals surface area contributed by atoms with E-state index in [9.17, 15) is 0 Å². The van der Waals surface area contributed by atoms with Gasteiger partial charge in [0, 0.05) is 28.1 Å². The number of halogens is 1. The zero-order valence-corrected chi connectivity index (χ0v) is 10.6. The molecule has 2 N–H and O–H groups in total. The minimum atomic E-state index is 0.793. The Labute approximate surface area is 102 Å². The van der Waals surface area contributed by atoms with E-state index in [1.165, 1.54) is 0 Å². The minimum absolute atomic E-state index is 0.793. The highest BCUT2D eigenvalue weighted by molar-refractivity contribution is 14.1. The van der Waals surface area contributed by atoms with E-state index >= 15 is 0 Å². The zero-order valence-electron chi connectivity index (χ0n) is 8.44. The molecule has 0 spiro atoms. The molecule has 0 unspecified atom stereocenters. The maximum Gasteiger partial charge on any atom is 0.112 e. The summed E-state index contributed by atoms with van der Waals surface area (Å²) in [5.74, 6) is 1.07. The maximum absolute atomic E-state index is 5.72. The molecule has 0 bridgehead atoms. The third kappa shape index (κ3) is 1.99. The minimum Gasteiger partial charge on any atom is -0.399 e. The summed E-state index contributed by atoms with van der Waals surface area (Å²) in [6.45, 7) is 2.10. The van der Waals surface area contributed by atoms with Crippen molar-refractivity contribution in [2.45, 2.75) is 13.3 Å². The molecular formula is C11H12IN3. The highest BCUT2D eigenvalue weighted by Gasteiger charge is 2.06. The highest BCUT2D eigenvalue weighted by Crippen LogP contribution is 2.21. The van der Waals surface area contributed by atoms with E-state index in [0.717, 1.165) is 27.2 Å². The quantitative estimate of drug-likeness (QED) is 0.684. The fraction of sp³-hybridized carbons (Fsp3) is 0.182. The van der Waals surface area contributed by atoms with Crippen LogP contribution in [-0.4, -0.2) is 9.55 Å². The smallest absolute Gasteiger partial charge is 0.112 e. The molecule has 0 saturated carbocycles.